The van der Waals surface area contributed by atoms with Crippen molar-refractivity contribution in [1.29, 1.82) is 10.5 Å². The molecule has 0 amide bonds. The molecule has 0 radical (unpaired) electrons. The van der Waals surface area contributed by atoms with Gasteiger partial charge in [0.05, 0.1) is 12.1 Å². The lowest BCUT2D eigenvalue weighted by molar-refractivity contribution is 1.22. The highest BCUT2D eigenvalue weighted by Gasteiger charge is 1.50. The smallest absolute Gasteiger partial charge is 0.0618 e. The Kier molecular flexibility index (Phi) is 46.4. The number of hydrogen-bond donors (Lipinski definition) is 0. The summed E-state index contributed by atoms with van der Waals surface area (Å²) in [5, 5.41) is 15.2. The average Bonchev–Trinajstić information content (AvgIpc) is 1.88. The molecule has 0 bridgehead atoms. The van der Waals surface area contributed by atoms with Crippen LogP contribution in [0.15, 0.2) is 0 Å². The molecule has 0 heterocycles. The highest BCUT2D eigenvalue weighted by molar-refractivity contribution is 7.59. The third kappa shape index (κ3) is 118. The molecule has 0 N–H and O–H groups in total. The van der Waals surface area contributed by atoms with Gasteiger partial charge in [-0.3, -0.25) is 0 Å². The quantitative estimate of drug-likeness (QED) is 0.521. The van der Waals surface area contributed by atoms with Gasteiger partial charge in [-0.2, -0.15) is 24.0 Å². The van der Waals surface area contributed by atoms with Crippen molar-refractivity contribution in [3.8, 4) is 12.1 Å². The molecule has 0 saturated heterocycles. The van der Waals surface area contributed by atoms with Gasteiger partial charge in [-0.25, -0.2) is 0 Å². The van der Waals surface area contributed by atoms with Crippen molar-refractivity contribution in [2.45, 2.75) is 26.7 Å². The van der Waals surface area contributed by atoms with Gasteiger partial charge >= 0.3 is 0 Å². The van der Waals surface area contributed by atoms with Gasteiger partial charge in [0.1, 0.15) is 0 Å². The first-order valence-corrected chi connectivity index (χ1v) is 2.57. The SMILES string of the molecule is CCC#N.CCC#N.S. The Hall–Kier alpha value is -0.670. The molecule has 0 fully saturated rings. The van der Waals surface area contributed by atoms with Crippen LogP contribution in [0, 0.1) is 22.7 Å². The van der Waals surface area contributed by atoms with Gasteiger partial charge in [0, 0.05) is 12.8 Å². The topological polar surface area (TPSA) is 47.6 Å². The fourth-order valence-corrected chi connectivity index (χ4v) is 0. The van der Waals surface area contributed by atoms with Crippen LogP contribution in [0.5, 0.6) is 0 Å². The summed E-state index contributed by atoms with van der Waals surface area (Å²) in [6.07, 6.45) is 1.25. The summed E-state index contributed by atoms with van der Waals surface area (Å²) in [6, 6.07) is 3.86. The molecule has 2 nitrogen and oxygen atoms in total. The van der Waals surface area contributed by atoms with Crippen molar-refractivity contribution < 1.29 is 0 Å². The maximum atomic E-state index is 7.62. The molecule has 0 spiro atoms. The molecule has 0 aliphatic carbocycles. The molecule has 0 aliphatic heterocycles. The standard InChI is InChI=1S/2C3H5N.H2S/c2*1-2-3-4;/h2*2H2,1H3;1H2. The highest BCUT2D eigenvalue weighted by Crippen LogP contribution is 1.58. The summed E-state index contributed by atoms with van der Waals surface area (Å²) in [7, 11) is 0. The van der Waals surface area contributed by atoms with Gasteiger partial charge in [0.25, 0.3) is 0 Å². The molecule has 0 unspecified atom stereocenters. The molecule has 0 aromatic carbocycles. The van der Waals surface area contributed by atoms with E-state index in [1.54, 1.807) is 0 Å². The van der Waals surface area contributed by atoms with E-state index < -0.39 is 0 Å². The fraction of sp³-hybridized carbons (Fsp3) is 0.667. The van der Waals surface area contributed by atoms with Gasteiger partial charge in [-0.15, -0.1) is 0 Å². The van der Waals surface area contributed by atoms with Crippen LogP contribution < -0.4 is 0 Å². The normalized spacial score (nSPS) is 4.44. The third-order valence-corrected chi connectivity index (χ3v) is 0.316. The van der Waals surface area contributed by atoms with E-state index in [4.69, 9.17) is 10.5 Å². The van der Waals surface area contributed by atoms with Crippen LogP contribution in [0.25, 0.3) is 0 Å². The Morgan fingerprint density at radius 1 is 1.00 bits per heavy atom. The Labute approximate surface area is 63.5 Å². The van der Waals surface area contributed by atoms with Gasteiger partial charge < -0.3 is 0 Å². The van der Waals surface area contributed by atoms with E-state index in [1.165, 1.54) is 0 Å². The molecular weight excluding hydrogens is 132 g/mol. The van der Waals surface area contributed by atoms with Gasteiger partial charge in [-0.1, -0.05) is 13.8 Å². The molecule has 0 rings (SSSR count). The zero-order valence-corrected chi connectivity index (χ0v) is 6.81. The van der Waals surface area contributed by atoms with Crippen LogP contribution in [-0.4, -0.2) is 0 Å². The van der Waals surface area contributed by atoms with E-state index >= 15 is 0 Å². The van der Waals surface area contributed by atoms with E-state index in [-0.39, 0.29) is 13.5 Å². The molecule has 0 saturated carbocycles. The summed E-state index contributed by atoms with van der Waals surface area (Å²) in [6.45, 7) is 3.64. The predicted octanol–water partition coefficient (Wildman–Crippen LogP) is 1.95. The number of nitrogens with zero attached hydrogens (tertiary/aromatic N) is 2. The van der Waals surface area contributed by atoms with Crippen LogP contribution in [0.4, 0.5) is 0 Å². The first-order chi connectivity index (χ1) is 3.83. The van der Waals surface area contributed by atoms with Crippen LogP contribution in [-0.2, 0) is 0 Å². The fourth-order valence-electron chi connectivity index (χ4n) is 0. The second-order valence-electron chi connectivity index (χ2n) is 1.02. The molecule has 9 heavy (non-hydrogen) atoms. The molecular formula is C6H12N2S. The van der Waals surface area contributed by atoms with Crippen LogP contribution in [0.3, 0.4) is 0 Å². The zero-order valence-electron chi connectivity index (χ0n) is 5.81. The molecule has 52 valence electrons. The van der Waals surface area contributed by atoms with Crippen molar-refractivity contribution in [1.82, 2.24) is 0 Å². The van der Waals surface area contributed by atoms with Crippen molar-refractivity contribution in [2.24, 2.45) is 0 Å². The molecule has 0 aromatic heterocycles. The minimum absolute atomic E-state index is 0. The van der Waals surface area contributed by atoms with E-state index in [0.717, 1.165) is 0 Å². The largest absolute Gasteiger partial charge is 0.198 e. The number of rotatable bonds is 0. The maximum absolute atomic E-state index is 7.62. The Morgan fingerprint density at radius 2 is 1.11 bits per heavy atom. The minimum Gasteiger partial charge on any atom is -0.198 e. The first-order valence-electron chi connectivity index (χ1n) is 2.57. The second-order valence-corrected chi connectivity index (χ2v) is 1.02. The van der Waals surface area contributed by atoms with Crippen molar-refractivity contribution >= 4 is 13.5 Å². The number of hydrogen-bond acceptors (Lipinski definition) is 2. The Bertz CT molecular complexity index is 84.6. The summed E-state index contributed by atoms with van der Waals surface area (Å²) < 4.78 is 0. The summed E-state index contributed by atoms with van der Waals surface area (Å²) in [4.78, 5) is 0. The van der Waals surface area contributed by atoms with Crippen molar-refractivity contribution in [3.05, 3.63) is 0 Å². The summed E-state index contributed by atoms with van der Waals surface area (Å²) in [5.41, 5.74) is 0. The lowest BCUT2D eigenvalue weighted by Gasteiger charge is -1.47. The molecule has 0 aliphatic rings. The summed E-state index contributed by atoms with van der Waals surface area (Å²) in [5.74, 6) is 0. The number of nitriles is 2. The summed E-state index contributed by atoms with van der Waals surface area (Å²) >= 11 is 0. The van der Waals surface area contributed by atoms with Crippen LogP contribution in [0.1, 0.15) is 26.7 Å². The minimum atomic E-state index is 0. The van der Waals surface area contributed by atoms with Gasteiger partial charge in [-0.05, 0) is 0 Å². The monoisotopic (exact) mass is 144 g/mol. The first kappa shape index (κ1) is 15.8. The van der Waals surface area contributed by atoms with Gasteiger partial charge in [0.2, 0.25) is 0 Å². The van der Waals surface area contributed by atoms with E-state index in [9.17, 15) is 0 Å². The Balaban J connectivity index is -0.0000000720. The Morgan fingerprint density at radius 3 is 1.11 bits per heavy atom. The van der Waals surface area contributed by atoms with E-state index in [1.807, 2.05) is 26.0 Å². The maximum Gasteiger partial charge on any atom is 0.0618 e. The molecule has 0 atom stereocenters. The highest BCUT2D eigenvalue weighted by atomic mass is 32.1. The second kappa shape index (κ2) is 26.5. The zero-order chi connectivity index (χ0) is 6.83. The van der Waals surface area contributed by atoms with Crippen LogP contribution >= 0.6 is 13.5 Å². The third-order valence-electron chi connectivity index (χ3n) is 0.316. The molecule has 3 heteroatoms. The predicted molar refractivity (Wildman–Crippen MR) is 42.2 cm³/mol. The average molecular weight is 144 g/mol. The lowest BCUT2D eigenvalue weighted by Crippen LogP contribution is -1.38. The van der Waals surface area contributed by atoms with E-state index in [0.29, 0.717) is 12.8 Å². The lowest BCUT2D eigenvalue weighted by atomic mass is 10.6. The van der Waals surface area contributed by atoms with Gasteiger partial charge in [0.15, 0.2) is 0 Å². The van der Waals surface area contributed by atoms with Crippen LogP contribution in [0.2, 0.25) is 0 Å². The van der Waals surface area contributed by atoms with Crippen molar-refractivity contribution in [2.75, 3.05) is 0 Å². The molecule has 0 aromatic rings. The van der Waals surface area contributed by atoms with E-state index in [2.05, 4.69) is 0 Å². The van der Waals surface area contributed by atoms with Crippen molar-refractivity contribution in [3.63, 3.8) is 0 Å².